The molecule has 0 saturated carbocycles. The van der Waals surface area contributed by atoms with Gasteiger partial charge in [0.2, 0.25) is 0 Å². The molecule has 0 aliphatic carbocycles. The number of rotatable bonds is 3. The lowest BCUT2D eigenvalue weighted by molar-refractivity contribution is 0.217. The van der Waals surface area contributed by atoms with Crippen LogP contribution in [-0.4, -0.2) is 6.54 Å². The summed E-state index contributed by atoms with van der Waals surface area (Å²) >= 11 is 2.21. The van der Waals surface area contributed by atoms with Crippen LogP contribution in [0.25, 0.3) is 0 Å². The molecule has 0 heterocycles. The molecule has 1 nitrogen and oxygen atoms in total. The van der Waals surface area contributed by atoms with Crippen molar-refractivity contribution in [3.63, 3.8) is 0 Å². The predicted octanol–water partition coefficient (Wildman–Crippen LogP) is 3.39. The third kappa shape index (κ3) is 7.06. The van der Waals surface area contributed by atoms with Crippen LogP contribution in [0.4, 0.5) is 0 Å². The Balaban J connectivity index is 3.91. The molecule has 11 heavy (non-hydrogen) atoms. The third-order valence-corrected chi connectivity index (χ3v) is 1.94. The van der Waals surface area contributed by atoms with Gasteiger partial charge in [-0.3, -0.25) is 3.53 Å². The Labute approximate surface area is 84.8 Å². The van der Waals surface area contributed by atoms with Crippen LogP contribution in [0.2, 0.25) is 0 Å². The second-order valence-corrected chi connectivity index (χ2v) is 5.97. The molecule has 0 bridgehead atoms. The zero-order valence-corrected chi connectivity index (χ0v) is 10.4. The van der Waals surface area contributed by atoms with E-state index in [0.29, 0.717) is 10.8 Å². The fraction of sp³-hybridized carbons (Fsp3) is 1.00. The summed E-state index contributed by atoms with van der Waals surface area (Å²) in [6.07, 6.45) is 1.26. The molecule has 0 fully saturated rings. The molecule has 0 saturated heterocycles. The fourth-order valence-electron chi connectivity index (χ4n) is 1.68. The minimum absolute atomic E-state index is 0.416. The second kappa shape index (κ2) is 4.08. The summed E-state index contributed by atoms with van der Waals surface area (Å²) in [6.45, 7) is 12.6. The summed E-state index contributed by atoms with van der Waals surface area (Å²) < 4.78 is 3.20. The van der Waals surface area contributed by atoms with Gasteiger partial charge in [0.25, 0.3) is 0 Å². The maximum absolute atomic E-state index is 3.20. The van der Waals surface area contributed by atoms with Crippen LogP contribution in [0.5, 0.6) is 0 Å². The quantitative estimate of drug-likeness (QED) is 0.611. The molecule has 0 spiro atoms. The van der Waals surface area contributed by atoms with Crippen molar-refractivity contribution >= 4 is 22.9 Å². The van der Waals surface area contributed by atoms with E-state index in [4.69, 9.17) is 0 Å². The Bertz CT molecular complexity index is 113. The molecule has 0 aromatic carbocycles. The maximum Gasteiger partial charge on any atom is 0.0169 e. The molecular formula is C9H20IN. The second-order valence-electron chi connectivity index (χ2n) is 5.21. The first-order valence-corrected chi connectivity index (χ1v) is 5.18. The highest BCUT2D eigenvalue weighted by molar-refractivity contribution is 14.1. The standard InChI is InChI=1S/C9H20IN/c1-8(2,3)6-9(4,5)7-11-10/h11H,6-7H2,1-5H3. The number of hydrogen-bond acceptors (Lipinski definition) is 1. The smallest absolute Gasteiger partial charge is 0.0169 e. The molecule has 0 rings (SSSR count). The van der Waals surface area contributed by atoms with Crippen molar-refractivity contribution in [2.24, 2.45) is 10.8 Å². The van der Waals surface area contributed by atoms with Crippen molar-refractivity contribution < 1.29 is 0 Å². The van der Waals surface area contributed by atoms with Crippen molar-refractivity contribution in [3.05, 3.63) is 0 Å². The number of hydrogen-bond donors (Lipinski definition) is 1. The van der Waals surface area contributed by atoms with Gasteiger partial charge >= 0.3 is 0 Å². The van der Waals surface area contributed by atoms with E-state index < -0.39 is 0 Å². The fourth-order valence-corrected chi connectivity index (χ4v) is 2.71. The maximum atomic E-state index is 3.20. The van der Waals surface area contributed by atoms with E-state index in [-0.39, 0.29) is 0 Å². The summed E-state index contributed by atoms with van der Waals surface area (Å²) in [5.74, 6) is 0. The van der Waals surface area contributed by atoms with Crippen LogP contribution in [-0.2, 0) is 0 Å². The largest absolute Gasteiger partial charge is 0.261 e. The van der Waals surface area contributed by atoms with Crippen LogP contribution < -0.4 is 3.53 Å². The van der Waals surface area contributed by atoms with Gasteiger partial charge in [-0.25, -0.2) is 0 Å². The van der Waals surface area contributed by atoms with Crippen molar-refractivity contribution in [3.8, 4) is 0 Å². The summed E-state index contributed by atoms with van der Waals surface area (Å²) in [6, 6.07) is 0. The molecule has 0 aliphatic rings. The minimum atomic E-state index is 0.416. The highest BCUT2D eigenvalue weighted by Gasteiger charge is 2.24. The Hall–Kier alpha value is 0.690. The Kier molecular flexibility index (Phi) is 4.33. The molecule has 0 aliphatic heterocycles. The molecule has 68 valence electrons. The summed E-state index contributed by atoms with van der Waals surface area (Å²) in [5, 5.41) is 0. The van der Waals surface area contributed by atoms with Crippen LogP contribution in [0.1, 0.15) is 41.0 Å². The minimum Gasteiger partial charge on any atom is -0.261 e. The van der Waals surface area contributed by atoms with Gasteiger partial charge in [0.05, 0.1) is 0 Å². The van der Waals surface area contributed by atoms with Gasteiger partial charge in [-0.1, -0.05) is 34.6 Å². The molecule has 2 heteroatoms. The lowest BCUT2D eigenvalue weighted by Gasteiger charge is -2.31. The van der Waals surface area contributed by atoms with Crippen LogP contribution >= 0.6 is 22.9 Å². The van der Waals surface area contributed by atoms with E-state index in [9.17, 15) is 0 Å². The van der Waals surface area contributed by atoms with Crippen molar-refractivity contribution in [2.75, 3.05) is 6.54 Å². The monoisotopic (exact) mass is 269 g/mol. The topological polar surface area (TPSA) is 12.0 Å². The van der Waals surface area contributed by atoms with Crippen LogP contribution in [0, 0.1) is 10.8 Å². The normalized spacial score (nSPS) is 13.6. The Morgan fingerprint density at radius 2 is 1.55 bits per heavy atom. The highest BCUT2D eigenvalue weighted by atomic mass is 127. The van der Waals surface area contributed by atoms with Gasteiger partial charge < -0.3 is 0 Å². The molecule has 0 amide bonds. The van der Waals surface area contributed by atoms with Crippen molar-refractivity contribution in [1.29, 1.82) is 0 Å². The average molecular weight is 269 g/mol. The Morgan fingerprint density at radius 3 is 1.82 bits per heavy atom. The zero-order chi connectivity index (χ0) is 9.12. The van der Waals surface area contributed by atoms with E-state index in [2.05, 4.69) is 61.0 Å². The molecule has 0 aromatic heterocycles. The van der Waals surface area contributed by atoms with E-state index in [1.54, 1.807) is 0 Å². The van der Waals surface area contributed by atoms with Crippen molar-refractivity contribution in [2.45, 2.75) is 41.0 Å². The molecule has 0 atom stereocenters. The zero-order valence-electron chi connectivity index (χ0n) is 8.29. The first-order chi connectivity index (χ1) is 4.77. The Morgan fingerprint density at radius 1 is 1.09 bits per heavy atom. The van der Waals surface area contributed by atoms with Gasteiger partial charge in [0, 0.05) is 29.4 Å². The number of halogens is 1. The van der Waals surface area contributed by atoms with Gasteiger partial charge in [0.15, 0.2) is 0 Å². The predicted molar refractivity (Wildman–Crippen MR) is 59.9 cm³/mol. The van der Waals surface area contributed by atoms with Gasteiger partial charge in [0.1, 0.15) is 0 Å². The van der Waals surface area contributed by atoms with Crippen LogP contribution in [0.15, 0.2) is 0 Å². The summed E-state index contributed by atoms with van der Waals surface area (Å²) in [5.41, 5.74) is 0.858. The lowest BCUT2D eigenvalue weighted by atomic mass is 9.76. The van der Waals surface area contributed by atoms with Gasteiger partial charge in [-0.05, 0) is 17.3 Å². The van der Waals surface area contributed by atoms with Crippen molar-refractivity contribution in [1.82, 2.24) is 3.53 Å². The van der Waals surface area contributed by atoms with Gasteiger partial charge in [-0.15, -0.1) is 0 Å². The molecule has 0 radical (unpaired) electrons. The first-order valence-electron chi connectivity index (χ1n) is 4.10. The SMILES string of the molecule is CC(C)(C)CC(C)(C)CNI. The molecule has 1 N–H and O–H groups in total. The number of nitrogens with one attached hydrogen (secondary N) is 1. The van der Waals surface area contributed by atoms with E-state index in [0.717, 1.165) is 6.54 Å². The molecule has 0 unspecified atom stereocenters. The molecular weight excluding hydrogens is 249 g/mol. The highest BCUT2D eigenvalue weighted by Crippen LogP contribution is 2.32. The third-order valence-electron chi connectivity index (χ3n) is 1.55. The van der Waals surface area contributed by atoms with E-state index >= 15 is 0 Å². The molecule has 0 aromatic rings. The van der Waals surface area contributed by atoms with E-state index in [1.165, 1.54) is 6.42 Å². The van der Waals surface area contributed by atoms with Crippen LogP contribution in [0.3, 0.4) is 0 Å². The summed E-state index contributed by atoms with van der Waals surface area (Å²) in [4.78, 5) is 0. The lowest BCUT2D eigenvalue weighted by Crippen LogP contribution is -2.28. The van der Waals surface area contributed by atoms with Gasteiger partial charge in [-0.2, -0.15) is 0 Å². The first kappa shape index (κ1) is 11.7. The average Bonchev–Trinajstić information content (AvgIpc) is 1.55. The summed E-state index contributed by atoms with van der Waals surface area (Å²) in [7, 11) is 0. The van der Waals surface area contributed by atoms with E-state index in [1.807, 2.05) is 0 Å².